The first-order chi connectivity index (χ1) is 18.1. The summed E-state index contributed by atoms with van der Waals surface area (Å²) in [6, 6.07) is 1.80. The first-order valence-electron chi connectivity index (χ1n) is 14.5. The van der Waals surface area contributed by atoms with E-state index >= 15 is 0 Å². The van der Waals surface area contributed by atoms with Gasteiger partial charge in [-0.05, 0) is 78.5 Å². The van der Waals surface area contributed by atoms with E-state index in [0.29, 0.717) is 68.8 Å². The predicted molar refractivity (Wildman–Crippen MR) is 156 cm³/mol. The summed E-state index contributed by atoms with van der Waals surface area (Å²) >= 11 is 4.07. The maximum absolute atomic E-state index is 11.9. The first kappa shape index (κ1) is 34.5. The molecule has 0 spiro atoms. The van der Waals surface area contributed by atoms with E-state index in [-0.39, 0.29) is 36.5 Å². The summed E-state index contributed by atoms with van der Waals surface area (Å²) < 4.78 is 0. The van der Waals surface area contributed by atoms with Crippen LogP contribution in [0.15, 0.2) is 0 Å². The molecule has 0 radical (unpaired) electrons. The number of ketones is 2. The molecule has 0 saturated carbocycles. The van der Waals surface area contributed by atoms with Crippen molar-refractivity contribution < 1.29 is 19.2 Å². The SMILES string of the molecule is CC1CCCC(C)N1CC(=O)NCC(=O)CCCN.CC1CCCC(C)N1CC(=O)NCC(=O)CCCS. The van der Waals surface area contributed by atoms with Gasteiger partial charge in [-0.2, -0.15) is 12.6 Å². The van der Waals surface area contributed by atoms with E-state index in [2.05, 4.69) is 60.8 Å². The Balaban J connectivity index is 0.000000380. The van der Waals surface area contributed by atoms with Crippen molar-refractivity contribution in [3.05, 3.63) is 0 Å². The molecule has 2 saturated heterocycles. The van der Waals surface area contributed by atoms with Crippen molar-refractivity contribution in [3.8, 4) is 0 Å². The number of carbonyl (C=O) groups excluding carboxylic acids is 4. The molecule has 2 aliphatic heterocycles. The van der Waals surface area contributed by atoms with Crippen molar-refractivity contribution in [2.45, 2.75) is 116 Å². The first-order valence-corrected chi connectivity index (χ1v) is 15.1. The average Bonchev–Trinajstić information content (AvgIpc) is 2.88. The topological polar surface area (TPSA) is 125 Å². The highest BCUT2D eigenvalue weighted by molar-refractivity contribution is 7.80. The van der Waals surface area contributed by atoms with Gasteiger partial charge in [0.15, 0.2) is 11.6 Å². The van der Waals surface area contributed by atoms with E-state index in [1.807, 2.05) is 0 Å². The van der Waals surface area contributed by atoms with Crippen LogP contribution >= 0.6 is 12.6 Å². The highest BCUT2D eigenvalue weighted by Gasteiger charge is 2.27. The summed E-state index contributed by atoms with van der Waals surface area (Å²) in [5.74, 6) is 0.755. The Morgan fingerprint density at radius 3 is 1.42 bits per heavy atom. The number of amides is 2. The van der Waals surface area contributed by atoms with Crippen LogP contribution in [0.4, 0.5) is 0 Å². The largest absolute Gasteiger partial charge is 0.348 e. The van der Waals surface area contributed by atoms with E-state index in [1.165, 1.54) is 12.8 Å². The van der Waals surface area contributed by atoms with Gasteiger partial charge in [0.05, 0.1) is 26.2 Å². The van der Waals surface area contributed by atoms with E-state index in [4.69, 9.17) is 5.73 Å². The fourth-order valence-corrected chi connectivity index (χ4v) is 5.32. The molecule has 38 heavy (non-hydrogen) atoms. The molecule has 0 aromatic rings. The normalized spacial score (nSPS) is 24.2. The van der Waals surface area contributed by atoms with Gasteiger partial charge in [-0.1, -0.05) is 12.8 Å². The lowest BCUT2D eigenvalue weighted by Gasteiger charge is -2.38. The van der Waals surface area contributed by atoms with Gasteiger partial charge in [0.2, 0.25) is 11.8 Å². The molecule has 2 amide bonds. The minimum Gasteiger partial charge on any atom is -0.348 e. The number of nitrogens with zero attached hydrogens (tertiary/aromatic N) is 2. The van der Waals surface area contributed by atoms with E-state index in [9.17, 15) is 19.2 Å². The van der Waals surface area contributed by atoms with Crippen molar-refractivity contribution in [1.82, 2.24) is 20.4 Å². The minimum absolute atomic E-state index is 0.0418. The maximum atomic E-state index is 11.9. The molecular formula is C28H53N5O4S. The summed E-state index contributed by atoms with van der Waals surface area (Å²) in [6.07, 6.45) is 9.48. The maximum Gasteiger partial charge on any atom is 0.234 e. The molecule has 2 fully saturated rings. The Kier molecular flexibility index (Phi) is 17.8. The van der Waals surface area contributed by atoms with Crippen LogP contribution in [0.1, 0.15) is 91.9 Å². The number of nitrogens with two attached hydrogens (primary N) is 1. The Morgan fingerprint density at radius 1 is 0.711 bits per heavy atom. The molecule has 220 valence electrons. The molecule has 4 atom stereocenters. The van der Waals surface area contributed by atoms with Gasteiger partial charge in [0.1, 0.15) is 0 Å². The number of rotatable bonds is 14. The molecule has 10 heteroatoms. The molecule has 0 aromatic heterocycles. The number of nitrogens with one attached hydrogen (secondary N) is 2. The summed E-state index contributed by atoms with van der Waals surface area (Å²) in [6.45, 7) is 10.3. The summed E-state index contributed by atoms with van der Waals surface area (Å²) in [5, 5.41) is 5.43. The smallest absolute Gasteiger partial charge is 0.234 e. The third-order valence-corrected chi connectivity index (χ3v) is 7.96. The van der Waals surface area contributed by atoms with Crippen LogP contribution in [0.5, 0.6) is 0 Å². The van der Waals surface area contributed by atoms with Gasteiger partial charge in [-0.15, -0.1) is 0 Å². The lowest BCUT2D eigenvalue weighted by molar-refractivity contribution is -0.127. The second-order valence-electron chi connectivity index (χ2n) is 11.0. The molecular weight excluding hydrogens is 502 g/mol. The van der Waals surface area contributed by atoms with Gasteiger partial charge in [0, 0.05) is 37.0 Å². The Hall–Kier alpha value is -1.49. The molecule has 0 aliphatic carbocycles. The summed E-state index contributed by atoms with van der Waals surface area (Å²) in [7, 11) is 0. The Morgan fingerprint density at radius 2 is 1.08 bits per heavy atom. The van der Waals surface area contributed by atoms with E-state index in [1.54, 1.807) is 0 Å². The number of carbonyl (C=O) groups is 4. The second kappa shape index (κ2) is 19.6. The quantitative estimate of drug-likeness (QED) is 0.243. The zero-order valence-electron chi connectivity index (χ0n) is 24.2. The number of piperidine rings is 2. The predicted octanol–water partition coefficient (Wildman–Crippen LogP) is 2.32. The van der Waals surface area contributed by atoms with Gasteiger partial charge >= 0.3 is 0 Å². The van der Waals surface area contributed by atoms with Crippen LogP contribution < -0.4 is 16.4 Å². The van der Waals surface area contributed by atoms with E-state index in [0.717, 1.165) is 32.1 Å². The Labute approximate surface area is 235 Å². The van der Waals surface area contributed by atoms with Crippen LogP contribution in [0, 0.1) is 0 Å². The number of thiol groups is 1. The number of likely N-dealkylation sites (tertiary alicyclic amines) is 2. The van der Waals surface area contributed by atoms with Crippen LogP contribution in [-0.2, 0) is 19.2 Å². The molecule has 9 nitrogen and oxygen atoms in total. The molecule has 0 aromatic carbocycles. The van der Waals surface area contributed by atoms with Crippen LogP contribution in [0.25, 0.3) is 0 Å². The molecule has 0 bridgehead atoms. The monoisotopic (exact) mass is 555 g/mol. The molecule has 2 heterocycles. The van der Waals surface area contributed by atoms with Crippen LogP contribution in [0.2, 0.25) is 0 Å². The van der Waals surface area contributed by atoms with Gasteiger partial charge in [-0.3, -0.25) is 29.0 Å². The molecule has 4 unspecified atom stereocenters. The number of hydrogen-bond donors (Lipinski definition) is 4. The van der Waals surface area contributed by atoms with Crippen molar-refractivity contribution in [1.29, 1.82) is 0 Å². The fraction of sp³-hybridized carbons (Fsp3) is 0.857. The lowest BCUT2D eigenvalue weighted by atomic mass is 9.97. The number of hydrogen-bond acceptors (Lipinski definition) is 8. The fourth-order valence-electron chi connectivity index (χ4n) is 5.16. The van der Waals surface area contributed by atoms with E-state index < -0.39 is 0 Å². The molecule has 4 N–H and O–H groups in total. The van der Waals surface area contributed by atoms with Gasteiger partial charge in [0.25, 0.3) is 0 Å². The third-order valence-electron chi connectivity index (χ3n) is 7.64. The third kappa shape index (κ3) is 14.1. The Bertz CT molecular complexity index is 658. The zero-order chi connectivity index (χ0) is 28.5. The average molecular weight is 556 g/mol. The van der Waals surface area contributed by atoms with Crippen molar-refractivity contribution >= 4 is 36.0 Å². The van der Waals surface area contributed by atoms with Gasteiger partial charge < -0.3 is 16.4 Å². The van der Waals surface area contributed by atoms with Crippen LogP contribution in [-0.4, -0.2) is 95.8 Å². The van der Waals surface area contributed by atoms with Crippen molar-refractivity contribution in [3.63, 3.8) is 0 Å². The number of Topliss-reactive ketones (excluding diaryl/α,β-unsaturated/α-hetero) is 2. The van der Waals surface area contributed by atoms with Crippen molar-refractivity contribution in [2.75, 3.05) is 38.5 Å². The minimum atomic E-state index is -0.0540. The standard InChI is InChI=1S/C14H27N3O2.C14H26N2O2S/c1-11-5-3-6-12(2)17(11)10-14(19)16-9-13(18)7-4-8-15;1-11-5-3-6-12(2)16(11)10-14(18)15-9-13(17)7-4-8-19/h11-12H,3-10,15H2,1-2H3,(H,16,19);11-12,19H,3-10H2,1-2H3,(H,15,18). The molecule has 2 aliphatic rings. The second-order valence-corrected chi connectivity index (χ2v) is 11.4. The van der Waals surface area contributed by atoms with Crippen LogP contribution in [0.3, 0.4) is 0 Å². The van der Waals surface area contributed by atoms with Crippen molar-refractivity contribution in [2.24, 2.45) is 5.73 Å². The highest BCUT2D eigenvalue weighted by Crippen LogP contribution is 2.22. The highest BCUT2D eigenvalue weighted by atomic mass is 32.1. The molecule has 2 rings (SSSR count). The van der Waals surface area contributed by atoms with Gasteiger partial charge in [-0.25, -0.2) is 0 Å². The zero-order valence-corrected chi connectivity index (χ0v) is 25.1. The lowest BCUT2D eigenvalue weighted by Crippen LogP contribution is -2.49. The summed E-state index contributed by atoms with van der Waals surface area (Å²) in [5.41, 5.74) is 5.34. The summed E-state index contributed by atoms with van der Waals surface area (Å²) in [4.78, 5) is 51.1.